The Labute approximate surface area is 202 Å². The van der Waals surface area contributed by atoms with Crippen LogP contribution in [-0.2, 0) is 29.0 Å². The lowest BCUT2D eigenvalue weighted by atomic mass is 9.68. The van der Waals surface area contributed by atoms with E-state index < -0.39 is 5.41 Å². The van der Waals surface area contributed by atoms with Crippen molar-refractivity contribution < 1.29 is 13.9 Å². The monoisotopic (exact) mass is 459 g/mol. The fourth-order valence-corrected chi connectivity index (χ4v) is 5.21. The summed E-state index contributed by atoms with van der Waals surface area (Å²) in [5, 5.41) is 0. The Morgan fingerprint density at radius 3 is 1.94 bits per heavy atom. The van der Waals surface area contributed by atoms with Crippen molar-refractivity contribution in [3.05, 3.63) is 107 Å². The van der Waals surface area contributed by atoms with Crippen LogP contribution in [0.3, 0.4) is 0 Å². The van der Waals surface area contributed by atoms with Gasteiger partial charge in [-0.1, -0.05) is 78.9 Å². The van der Waals surface area contributed by atoms with Crippen molar-refractivity contribution in [3.8, 4) is 0 Å². The molecule has 0 heterocycles. The zero-order valence-corrected chi connectivity index (χ0v) is 20.0. The van der Waals surface area contributed by atoms with Gasteiger partial charge in [0.2, 0.25) is 0 Å². The van der Waals surface area contributed by atoms with Crippen LogP contribution in [0, 0.1) is 11.2 Å². The minimum absolute atomic E-state index is 0.186. The summed E-state index contributed by atoms with van der Waals surface area (Å²) in [6.45, 7) is 3.90. The Bertz CT molecular complexity index is 1000. The maximum atomic E-state index is 14.5. The van der Waals surface area contributed by atoms with Crippen LogP contribution in [0.2, 0.25) is 0 Å². The molecule has 0 amide bonds. The first-order valence-corrected chi connectivity index (χ1v) is 12.3. The average molecular weight is 460 g/mol. The third-order valence-electron chi connectivity index (χ3n) is 7.08. The van der Waals surface area contributed by atoms with Crippen LogP contribution < -0.4 is 0 Å². The lowest BCUT2D eigenvalue weighted by Crippen LogP contribution is -2.45. The largest absolute Gasteiger partial charge is 0.466 e. The van der Waals surface area contributed by atoms with Gasteiger partial charge in [-0.25, -0.2) is 4.39 Å². The van der Waals surface area contributed by atoms with E-state index in [1.54, 1.807) is 12.1 Å². The highest BCUT2D eigenvalue weighted by Gasteiger charge is 2.44. The molecule has 0 atom stereocenters. The van der Waals surface area contributed by atoms with Crippen molar-refractivity contribution in [1.82, 2.24) is 4.90 Å². The molecule has 34 heavy (non-hydrogen) atoms. The van der Waals surface area contributed by atoms with E-state index in [9.17, 15) is 9.18 Å². The molecule has 0 aromatic heterocycles. The van der Waals surface area contributed by atoms with Gasteiger partial charge in [0.25, 0.3) is 0 Å². The first-order chi connectivity index (χ1) is 16.6. The third kappa shape index (κ3) is 5.92. The maximum absolute atomic E-state index is 14.5. The molecule has 1 aliphatic carbocycles. The molecule has 0 unspecified atom stereocenters. The lowest BCUT2D eigenvalue weighted by Gasteiger charge is -2.42. The predicted molar refractivity (Wildman–Crippen MR) is 134 cm³/mol. The van der Waals surface area contributed by atoms with Crippen molar-refractivity contribution in [3.63, 3.8) is 0 Å². The second-order valence-electron chi connectivity index (χ2n) is 9.38. The van der Waals surface area contributed by atoms with E-state index in [1.165, 1.54) is 17.2 Å². The van der Waals surface area contributed by atoms with E-state index >= 15 is 0 Å². The van der Waals surface area contributed by atoms with Crippen LogP contribution in [0.1, 0.15) is 49.3 Å². The van der Waals surface area contributed by atoms with Crippen LogP contribution in [0.5, 0.6) is 0 Å². The smallest absolute Gasteiger partial charge is 0.312 e. The fourth-order valence-electron chi connectivity index (χ4n) is 5.21. The van der Waals surface area contributed by atoms with Crippen LogP contribution >= 0.6 is 0 Å². The normalized spacial score (nSPS) is 20.3. The van der Waals surface area contributed by atoms with Crippen molar-refractivity contribution in [1.29, 1.82) is 0 Å². The Balaban J connectivity index is 1.53. The zero-order valence-electron chi connectivity index (χ0n) is 20.0. The summed E-state index contributed by atoms with van der Waals surface area (Å²) in [6, 6.07) is 28.2. The highest BCUT2D eigenvalue weighted by Crippen LogP contribution is 2.42. The molecular weight excluding hydrogens is 425 g/mol. The Hall–Kier alpha value is -2.98. The molecule has 0 saturated heterocycles. The number of carbonyl (C=O) groups excluding carboxylic acids is 1. The second-order valence-corrected chi connectivity index (χ2v) is 9.38. The Kier molecular flexibility index (Phi) is 8.12. The molecule has 4 heteroatoms. The quantitative estimate of drug-likeness (QED) is 0.339. The van der Waals surface area contributed by atoms with Gasteiger partial charge in [0.15, 0.2) is 0 Å². The second kappa shape index (κ2) is 11.4. The lowest BCUT2D eigenvalue weighted by molar-refractivity contribution is -0.158. The topological polar surface area (TPSA) is 29.5 Å². The van der Waals surface area contributed by atoms with E-state index in [4.69, 9.17) is 4.74 Å². The standard InChI is InChI=1S/C30H34FNO2/c1-2-34-29(33)30(21-26-15-9-10-16-28(26)31)19-17-27(18-20-30)32(22-24-11-5-3-6-12-24)23-25-13-7-4-8-14-25/h3-16,27H,2,17-23H2,1H3. The van der Waals surface area contributed by atoms with Crippen molar-refractivity contribution in [2.24, 2.45) is 5.41 Å². The van der Waals surface area contributed by atoms with Gasteiger partial charge < -0.3 is 4.74 Å². The van der Waals surface area contributed by atoms with Gasteiger partial charge in [-0.2, -0.15) is 0 Å². The van der Waals surface area contributed by atoms with E-state index in [2.05, 4.69) is 53.4 Å². The highest BCUT2D eigenvalue weighted by atomic mass is 19.1. The molecule has 0 aliphatic heterocycles. The SMILES string of the molecule is CCOC(=O)C1(Cc2ccccc2F)CCC(N(Cc2ccccc2)Cc2ccccc2)CC1. The molecule has 178 valence electrons. The number of nitrogens with zero attached hydrogens (tertiary/aromatic N) is 1. The third-order valence-corrected chi connectivity index (χ3v) is 7.08. The van der Waals surface area contributed by atoms with E-state index in [0.717, 1.165) is 25.9 Å². The summed E-state index contributed by atoms with van der Waals surface area (Å²) in [7, 11) is 0. The summed E-state index contributed by atoms with van der Waals surface area (Å²) in [5.74, 6) is -0.433. The van der Waals surface area contributed by atoms with Gasteiger partial charge in [0.1, 0.15) is 5.82 Å². The van der Waals surface area contributed by atoms with Gasteiger partial charge in [-0.3, -0.25) is 9.69 Å². The van der Waals surface area contributed by atoms with Gasteiger partial charge in [0.05, 0.1) is 12.0 Å². The Morgan fingerprint density at radius 1 is 0.882 bits per heavy atom. The summed E-state index contributed by atoms with van der Waals surface area (Å²) in [4.78, 5) is 15.7. The van der Waals surface area contributed by atoms with Crippen LogP contribution in [0.15, 0.2) is 84.9 Å². The van der Waals surface area contributed by atoms with Gasteiger partial charge in [0, 0.05) is 19.1 Å². The number of esters is 1. The molecular formula is C30H34FNO2. The average Bonchev–Trinajstić information content (AvgIpc) is 2.87. The van der Waals surface area contributed by atoms with Crippen LogP contribution in [0.25, 0.3) is 0 Å². The first-order valence-electron chi connectivity index (χ1n) is 12.3. The van der Waals surface area contributed by atoms with Crippen molar-refractivity contribution in [2.75, 3.05) is 6.61 Å². The highest BCUT2D eigenvalue weighted by molar-refractivity contribution is 5.77. The molecule has 4 rings (SSSR count). The molecule has 3 nitrogen and oxygen atoms in total. The number of hydrogen-bond acceptors (Lipinski definition) is 3. The van der Waals surface area contributed by atoms with Gasteiger partial charge >= 0.3 is 5.97 Å². The molecule has 0 bridgehead atoms. The number of ether oxygens (including phenoxy) is 1. The summed E-state index contributed by atoms with van der Waals surface area (Å²) in [5.41, 5.74) is 2.50. The predicted octanol–water partition coefficient (Wildman–Crippen LogP) is 6.56. The first kappa shape index (κ1) is 24.2. The van der Waals surface area contributed by atoms with E-state index in [1.807, 2.05) is 25.1 Å². The number of carbonyl (C=O) groups is 1. The summed E-state index contributed by atoms with van der Waals surface area (Å²) in [6.07, 6.45) is 3.55. The molecule has 3 aromatic carbocycles. The molecule has 1 saturated carbocycles. The fraction of sp³-hybridized carbons (Fsp3) is 0.367. The number of benzene rings is 3. The minimum Gasteiger partial charge on any atom is -0.466 e. The molecule has 1 aliphatic rings. The van der Waals surface area contributed by atoms with Gasteiger partial charge in [-0.15, -0.1) is 0 Å². The van der Waals surface area contributed by atoms with E-state index in [0.29, 0.717) is 37.5 Å². The van der Waals surface area contributed by atoms with E-state index in [-0.39, 0.29) is 11.8 Å². The number of hydrogen-bond donors (Lipinski definition) is 0. The molecule has 0 spiro atoms. The molecule has 0 N–H and O–H groups in total. The van der Waals surface area contributed by atoms with Gasteiger partial charge in [-0.05, 0) is 61.8 Å². The van der Waals surface area contributed by atoms with Crippen molar-refractivity contribution in [2.45, 2.75) is 58.2 Å². The molecule has 1 fully saturated rings. The number of rotatable bonds is 9. The summed E-state index contributed by atoms with van der Waals surface area (Å²) >= 11 is 0. The Morgan fingerprint density at radius 2 is 1.41 bits per heavy atom. The molecule has 0 radical (unpaired) electrons. The van der Waals surface area contributed by atoms with Crippen LogP contribution in [-0.4, -0.2) is 23.5 Å². The minimum atomic E-state index is -0.667. The van der Waals surface area contributed by atoms with Crippen molar-refractivity contribution >= 4 is 5.97 Å². The number of halogens is 1. The summed E-state index contributed by atoms with van der Waals surface area (Å²) < 4.78 is 20.0. The molecule has 3 aromatic rings. The zero-order chi connectivity index (χ0) is 23.8. The maximum Gasteiger partial charge on any atom is 0.312 e. The van der Waals surface area contributed by atoms with Crippen LogP contribution in [0.4, 0.5) is 4.39 Å².